The van der Waals surface area contributed by atoms with Gasteiger partial charge in [0.25, 0.3) is 5.91 Å². The SMILES string of the molecule is N=C1S/C(=C\c2ccc(OCCCO)cc2)C(=O)N1C1C=CC=CC1. The van der Waals surface area contributed by atoms with Crippen molar-refractivity contribution in [3.8, 4) is 5.75 Å². The van der Waals surface area contributed by atoms with Crippen molar-refractivity contribution >= 4 is 28.9 Å². The van der Waals surface area contributed by atoms with E-state index >= 15 is 0 Å². The molecule has 0 radical (unpaired) electrons. The third-order valence-corrected chi connectivity index (χ3v) is 4.80. The van der Waals surface area contributed by atoms with Crippen molar-refractivity contribution in [1.29, 1.82) is 5.41 Å². The third-order valence-electron chi connectivity index (χ3n) is 3.89. The zero-order chi connectivity index (χ0) is 17.6. The Hall–Kier alpha value is -2.31. The highest BCUT2D eigenvalue weighted by Crippen LogP contribution is 2.34. The van der Waals surface area contributed by atoms with E-state index in [9.17, 15) is 4.79 Å². The Labute approximate surface area is 151 Å². The van der Waals surface area contributed by atoms with Gasteiger partial charge in [-0.1, -0.05) is 36.4 Å². The molecule has 1 aliphatic heterocycles. The lowest BCUT2D eigenvalue weighted by molar-refractivity contribution is -0.123. The fraction of sp³-hybridized carbons (Fsp3) is 0.263. The lowest BCUT2D eigenvalue weighted by Crippen LogP contribution is -2.37. The van der Waals surface area contributed by atoms with E-state index in [4.69, 9.17) is 15.3 Å². The predicted octanol–water partition coefficient (Wildman–Crippen LogP) is 3.18. The minimum Gasteiger partial charge on any atom is -0.494 e. The maximum absolute atomic E-state index is 12.7. The minimum atomic E-state index is -0.122. The molecule has 1 atom stereocenters. The molecule has 6 heteroatoms. The number of carbonyl (C=O) groups is 1. The second kappa shape index (κ2) is 8.18. The number of carbonyl (C=O) groups excluding carboxylic acids is 1. The summed E-state index contributed by atoms with van der Waals surface area (Å²) >= 11 is 1.20. The number of nitrogens with one attached hydrogen (secondary N) is 1. The largest absolute Gasteiger partial charge is 0.494 e. The first-order valence-corrected chi connectivity index (χ1v) is 8.99. The number of allylic oxidation sites excluding steroid dienone is 2. The summed E-state index contributed by atoms with van der Waals surface area (Å²) in [5.74, 6) is 0.609. The van der Waals surface area contributed by atoms with Crippen molar-refractivity contribution in [3.05, 3.63) is 59.0 Å². The van der Waals surface area contributed by atoms with Gasteiger partial charge in [0.15, 0.2) is 5.17 Å². The van der Waals surface area contributed by atoms with Crippen LogP contribution in [-0.2, 0) is 4.79 Å². The summed E-state index contributed by atoms with van der Waals surface area (Å²) < 4.78 is 5.50. The van der Waals surface area contributed by atoms with Crippen molar-refractivity contribution in [2.75, 3.05) is 13.2 Å². The fourth-order valence-electron chi connectivity index (χ4n) is 2.63. The maximum atomic E-state index is 12.7. The van der Waals surface area contributed by atoms with Crippen LogP contribution in [0.4, 0.5) is 0 Å². The number of ether oxygens (including phenoxy) is 1. The van der Waals surface area contributed by atoms with Crippen LogP contribution >= 0.6 is 11.8 Å². The highest BCUT2D eigenvalue weighted by atomic mass is 32.2. The molecule has 2 aliphatic rings. The third kappa shape index (κ3) is 4.21. The number of amidine groups is 1. The van der Waals surface area contributed by atoms with Crippen LogP contribution in [0.2, 0.25) is 0 Å². The zero-order valence-electron chi connectivity index (χ0n) is 13.7. The van der Waals surface area contributed by atoms with E-state index < -0.39 is 0 Å². The van der Waals surface area contributed by atoms with Gasteiger partial charge < -0.3 is 9.84 Å². The van der Waals surface area contributed by atoms with E-state index in [1.807, 2.05) is 48.6 Å². The molecule has 1 aromatic rings. The fourth-order valence-corrected chi connectivity index (χ4v) is 3.53. The Kier molecular flexibility index (Phi) is 5.73. The zero-order valence-corrected chi connectivity index (χ0v) is 14.5. The standard InChI is InChI=1S/C19H20N2O3S/c20-19-21(15-5-2-1-3-6-15)18(23)17(25-19)13-14-7-9-16(10-8-14)24-12-4-11-22/h1-3,5,7-10,13,15,20,22H,4,6,11-12H2/b17-13-,20-19?. The van der Waals surface area contributed by atoms with E-state index in [0.29, 0.717) is 17.9 Å². The molecule has 130 valence electrons. The van der Waals surface area contributed by atoms with Gasteiger partial charge in [-0.05, 0) is 42.0 Å². The lowest BCUT2D eigenvalue weighted by atomic mass is 10.1. The van der Waals surface area contributed by atoms with E-state index in [0.717, 1.165) is 17.7 Å². The van der Waals surface area contributed by atoms with E-state index in [-0.39, 0.29) is 23.7 Å². The molecular formula is C19H20N2O3S. The number of rotatable bonds is 6. The lowest BCUT2D eigenvalue weighted by Gasteiger charge is -2.24. The molecule has 2 N–H and O–H groups in total. The Morgan fingerprint density at radius 3 is 2.80 bits per heavy atom. The summed E-state index contributed by atoms with van der Waals surface area (Å²) in [5, 5.41) is 17.2. The quantitative estimate of drug-likeness (QED) is 0.606. The van der Waals surface area contributed by atoms with Crippen LogP contribution in [0.3, 0.4) is 0 Å². The summed E-state index contributed by atoms with van der Waals surface area (Å²) in [7, 11) is 0. The smallest absolute Gasteiger partial charge is 0.267 e. The van der Waals surface area contributed by atoms with Gasteiger partial charge in [-0.2, -0.15) is 0 Å². The van der Waals surface area contributed by atoms with Crippen LogP contribution in [-0.4, -0.2) is 40.3 Å². The van der Waals surface area contributed by atoms with Crippen LogP contribution in [0.25, 0.3) is 6.08 Å². The summed E-state index contributed by atoms with van der Waals surface area (Å²) in [6.07, 6.45) is 11.0. The van der Waals surface area contributed by atoms with Gasteiger partial charge in [-0.3, -0.25) is 15.1 Å². The number of nitrogens with zero attached hydrogens (tertiary/aromatic N) is 1. The Morgan fingerprint density at radius 1 is 1.32 bits per heavy atom. The molecule has 0 bridgehead atoms. The highest BCUT2D eigenvalue weighted by Gasteiger charge is 2.36. The van der Waals surface area contributed by atoms with Crippen LogP contribution in [0.5, 0.6) is 5.75 Å². The topological polar surface area (TPSA) is 73.6 Å². The molecule has 1 aliphatic carbocycles. The van der Waals surface area contributed by atoms with Crippen molar-refractivity contribution in [2.24, 2.45) is 0 Å². The number of hydrogen-bond acceptors (Lipinski definition) is 5. The number of aliphatic hydroxyl groups excluding tert-OH is 1. The van der Waals surface area contributed by atoms with Crippen molar-refractivity contribution in [2.45, 2.75) is 18.9 Å². The van der Waals surface area contributed by atoms with Gasteiger partial charge in [0.05, 0.1) is 17.6 Å². The summed E-state index contributed by atoms with van der Waals surface area (Å²) in [5.41, 5.74) is 0.888. The molecule has 25 heavy (non-hydrogen) atoms. The Bertz CT molecular complexity index is 738. The second-order valence-electron chi connectivity index (χ2n) is 5.70. The van der Waals surface area contributed by atoms with Gasteiger partial charge in [0.2, 0.25) is 0 Å². The summed E-state index contributed by atoms with van der Waals surface area (Å²) in [6.45, 7) is 0.582. The molecule has 0 spiro atoms. The number of benzene rings is 1. The molecule has 1 heterocycles. The van der Waals surface area contributed by atoms with Gasteiger partial charge in [-0.15, -0.1) is 0 Å². The number of thioether (sulfide) groups is 1. The van der Waals surface area contributed by atoms with E-state index in [2.05, 4.69) is 0 Å². The average Bonchev–Trinajstić information content (AvgIpc) is 2.91. The normalized spacial score (nSPS) is 21.4. The highest BCUT2D eigenvalue weighted by molar-refractivity contribution is 8.18. The van der Waals surface area contributed by atoms with Crippen molar-refractivity contribution in [3.63, 3.8) is 0 Å². The molecular weight excluding hydrogens is 336 g/mol. The average molecular weight is 356 g/mol. The van der Waals surface area contributed by atoms with Crippen LogP contribution in [0, 0.1) is 5.41 Å². The van der Waals surface area contributed by atoms with Crippen molar-refractivity contribution < 1.29 is 14.6 Å². The molecule has 1 fully saturated rings. The molecule has 0 aromatic heterocycles. The predicted molar refractivity (Wildman–Crippen MR) is 100 cm³/mol. The number of amides is 1. The van der Waals surface area contributed by atoms with Crippen molar-refractivity contribution in [1.82, 2.24) is 4.90 Å². The minimum absolute atomic E-state index is 0.0781. The summed E-state index contributed by atoms with van der Waals surface area (Å²) in [4.78, 5) is 14.8. The van der Waals surface area contributed by atoms with Gasteiger partial charge >= 0.3 is 0 Å². The van der Waals surface area contributed by atoms with E-state index in [1.165, 1.54) is 11.8 Å². The molecule has 1 aromatic carbocycles. The van der Waals surface area contributed by atoms with Crippen LogP contribution in [0.1, 0.15) is 18.4 Å². The van der Waals surface area contributed by atoms with E-state index in [1.54, 1.807) is 11.0 Å². The van der Waals surface area contributed by atoms with Gasteiger partial charge in [-0.25, -0.2) is 0 Å². The van der Waals surface area contributed by atoms with Crippen LogP contribution < -0.4 is 4.74 Å². The second-order valence-corrected chi connectivity index (χ2v) is 6.73. The Balaban J connectivity index is 1.69. The molecule has 0 saturated carbocycles. The summed E-state index contributed by atoms with van der Waals surface area (Å²) in [6, 6.07) is 7.36. The molecule has 1 saturated heterocycles. The van der Waals surface area contributed by atoms with Gasteiger partial charge in [0.1, 0.15) is 5.75 Å². The first kappa shape index (κ1) is 17.5. The first-order chi connectivity index (χ1) is 12.2. The Morgan fingerprint density at radius 2 is 2.12 bits per heavy atom. The molecule has 1 unspecified atom stereocenters. The maximum Gasteiger partial charge on any atom is 0.267 e. The molecule has 1 amide bonds. The monoisotopic (exact) mass is 356 g/mol. The molecule has 5 nitrogen and oxygen atoms in total. The number of aliphatic hydroxyl groups is 1. The number of hydrogen-bond donors (Lipinski definition) is 2. The first-order valence-electron chi connectivity index (χ1n) is 8.18. The molecule has 3 rings (SSSR count). The van der Waals surface area contributed by atoms with Gasteiger partial charge in [0, 0.05) is 13.0 Å². The van der Waals surface area contributed by atoms with Crippen LogP contribution in [0.15, 0.2) is 53.5 Å².